The molecule has 0 saturated carbocycles. The maximum absolute atomic E-state index is 11.2. The summed E-state index contributed by atoms with van der Waals surface area (Å²) in [4.78, 5) is 11.2. The number of carbonyl (C=O) groups excluding carboxylic acids is 1. The first-order valence-electron chi connectivity index (χ1n) is 9.35. The van der Waals surface area contributed by atoms with Crippen LogP contribution in [0, 0.1) is 5.41 Å². The lowest BCUT2D eigenvalue weighted by molar-refractivity contribution is -0.109. The topological polar surface area (TPSA) is 17.1 Å². The van der Waals surface area contributed by atoms with Crippen LogP contribution >= 0.6 is 11.6 Å². The Hall–Kier alpha value is -1.08. The number of aldehydes is 1. The van der Waals surface area contributed by atoms with E-state index >= 15 is 0 Å². The molecular weight excluding hydrogens is 316 g/mol. The van der Waals surface area contributed by atoms with Crippen molar-refractivity contribution in [3.63, 3.8) is 0 Å². The predicted octanol–water partition coefficient (Wildman–Crippen LogP) is 7.13. The van der Waals surface area contributed by atoms with E-state index in [1.807, 2.05) is 12.1 Å². The Balaban J connectivity index is 3.21. The van der Waals surface area contributed by atoms with Crippen molar-refractivity contribution in [2.45, 2.75) is 78.1 Å². The summed E-state index contributed by atoms with van der Waals surface area (Å²) in [6.07, 6.45) is 12.9. The van der Waals surface area contributed by atoms with Gasteiger partial charge >= 0.3 is 0 Å². The number of hydrogen-bond acceptors (Lipinski definition) is 1. The van der Waals surface area contributed by atoms with Gasteiger partial charge in [0.2, 0.25) is 0 Å². The van der Waals surface area contributed by atoms with E-state index < -0.39 is 0 Å². The van der Waals surface area contributed by atoms with Crippen LogP contribution in [0.5, 0.6) is 0 Å². The van der Waals surface area contributed by atoms with Crippen LogP contribution in [-0.2, 0) is 10.2 Å². The number of rotatable bonds is 11. The van der Waals surface area contributed by atoms with E-state index in [2.05, 4.69) is 52.0 Å². The van der Waals surface area contributed by atoms with Gasteiger partial charge in [-0.2, -0.15) is 0 Å². The highest BCUT2D eigenvalue weighted by Gasteiger charge is 2.29. The summed E-state index contributed by atoms with van der Waals surface area (Å²) in [5, 5.41) is 0.788. The average molecular weight is 349 g/mol. The highest BCUT2D eigenvalue weighted by Crippen LogP contribution is 2.38. The highest BCUT2D eigenvalue weighted by molar-refractivity contribution is 6.30. The molecule has 0 N–H and O–H groups in total. The summed E-state index contributed by atoms with van der Waals surface area (Å²) in [6.45, 7) is 8.87. The van der Waals surface area contributed by atoms with Gasteiger partial charge in [-0.3, -0.25) is 0 Å². The zero-order valence-corrected chi connectivity index (χ0v) is 16.5. The number of halogens is 1. The fourth-order valence-electron chi connectivity index (χ4n) is 3.45. The molecule has 1 nitrogen and oxygen atoms in total. The van der Waals surface area contributed by atoms with Crippen molar-refractivity contribution in [1.29, 1.82) is 0 Å². The van der Waals surface area contributed by atoms with Crippen LogP contribution < -0.4 is 0 Å². The summed E-state index contributed by atoms with van der Waals surface area (Å²) in [7, 11) is 0. The first-order valence-corrected chi connectivity index (χ1v) is 9.73. The predicted molar refractivity (Wildman–Crippen MR) is 106 cm³/mol. The molecule has 0 aliphatic rings. The fourth-order valence-corrected chi connectivity index (χ4v) is 3.64. The van der Waals surface area contributed by atoms with Gasteiger partial charge in [-0.15, -0.1) is 0 Å². The third-order valence-electron chi connectivity index (χ3n) is 5.18. The molecule has 0 heterocycles. The van der Waals surface area contributed by atoms with Gasteiger partial charge in [-0.1, -0.05) is 82.8 Å². The standard InChI is InChI=1S/C22H33ClO/c1-5-8-13-21(4,16-17-24)14-15-22(7-3,12-6-2)19-10-9-11-20(23)18-19/h9-11,14-15,17-18H,5-8,12-13,16H2,1-4H3/b15-14+/t21-,22-/m0/s1. The van der Waals surface area contributed by atoms with Gasteiger partial charge < -0.3 is 4.79 Å². The molecule has 2 heteroatoms. The molecule has 0 bridgehead atoms. The summed E-state index contributed by atoms with van der Waals surface area (Å²) >= 11 is 6.25. The van der Waals surface area contributed by atoms with Gasteiger partial charge in [0, 0.05) is 16.9 Å². The quantitative estimate of drug-likeness (QED) is 0.307. The third-order valence-corrected chi connectivity index (χ3v) is 5.42. The van der Waals surface area contributed by atoms with E-state index in [1.165, 1.54) is 5.56 Å². The van der Waals surface area contributed by atoms with Crippen LogP contribution in [0.15, 0.2) is 36.4 Å². The molecule has 0 amide bonds. The molecule has 0 saturated heterocycles. The lowest BCUT2D eigenvalue weighted by Crippen LogP contribution is -2.24. The lowest BCUT2D eigenvalue weighted by Gasteiger charge is -2.33. The number of carbonyl (C=O) groups is 1. The van der Waals surface area contributed by atoms with Crippen molar-refractivity contribution in [2.75, 3.05) is 0 Å². The molecule has 0 aliphatic carbocycles. The lowest BCUT2D eigenvalue weighted by atomic mass is 9.72. The monoisotopic (exact) mass is 348 g/mol. The van der Waals surface area contributed by atoms with Gasteiger partial charge in [-0.05, 0) is 42.4 Å². The van der Waals surface area contributed by atoms with E-state index in [0.29, 0.717) is 6.42 Å². The molecule has 24 heavy (non-hydrogen) atoms. The SMILES string of the molecule is CCCC[C@@](C)(/C=C/[C@](CC)(CCC)c1cccc(Cl)c1)CC=O. The Bertz CT molecular complexity index is 537. The minimum atomic E-state index is -0.0511. The average Bonchev–Trinajstić information content (AvgIpc) is 2.57. The number of unbranched alkanes of at least 4 members (excludes halogenated alkanes) is 1. The highest BCUT2D eigenvalue weighted by atomic mass is 35.5. The zero-order chi connectivity index (χ0) is 18.1. The zero-order valence-electron chi connectivity index (χ0n) is 15.8. The van der Waals surface area contributed by atoms with Gasteiger partial charge in [0.15, 0.2) is 0 Å². The molecule has 0 aromatic heterocycles. The fraction of sp³-hybridized carbons (Fsp3) is 0.591. The molecule has 1 aromatic rings. The van der Waals surface area contributed by atoms with Crippen LogP contribution in [0.2, 0.25) is 5.02 Å². The molecule has 2 atom stereocenters. The Kier molecular flexibility index (Phi) is 8.76. The first-order chi connectivity index (χ1) is 11.4. The van der Waals surface area contributed by atoms with Crippen LogP contribution in [-0.4, -0.2) is 6.29 Å². The Morgan fingerprint density at radius 2 is 1.83 bits per heavy atom. The van der Waals surface area contributed by atoms with Crippen molar-refractivity contribution < 1.29 is 4.79 Å². The smallest absolute Gasteiger partial charge is 0.120 e. The number of hydrogen-bond donors (Lipinski definition) is 0. The summed E-state index contributed by atoms with van der Waals surface area (Å²) in [6, 6.07) is 8.23. The molecule has 0 aliphatic heterocycles. The summed E-state index contributed by atoms with van der Waals surface area (Å²) in [5.41, 5.74) is 1.22. The van der Waals surface area contributed by atoms with Gasteiger partial charge in [0.25, 0.3) is 0 Å². The van der Waals surface area contributed by atoms with E-state index in [9.17, 15) is 4.79 Å². The van der Waals surface area contributed by atoms with E-state index in [1.54, 1.807) is 0 Å². The Labute approximate surface area is 153 Å². The largest absolute Gasteiger partial charge is 0.303 e. The normalized spacial score (nSPS) is 16.7. The third kappa shape index (κ3) is 5.77. The molecule has 1 aromatic carbocycles. The minimum absolute atomic E-state index is 0.00396. The van der Waals surface area contributed by atoms with Crippen LogP contribution in [0.3, 0.4) is 0 Å². The van der Waals surface area contributed by atoms with Crippen molar-refractivity contribution in [2.24, 2.45) is 5.41 Å². The molecule has 0 radical (unpaired) electrons. The van der Waals surface area contributed by atoms with Crippen LogP contribution in [0.25, 0.3) is 0 Å². The maximum Gasteiger partial charge on any atom is 0.120 e. The minimum Gasteiger partial charge on any atom is -0.303 e. The van der Waals surface area contributed by atoms with Crippen molar-refractivity contribution in [3.05, 3.63) is 47.0 Å². The van der Waals surface area contributed by atoms with Crippen LogP contribution in [0.1, 0.15) is 78.2 Å². The second-order valence-electron chi connectivity index (χ2n) is 7.23. The first kappa shape index (κ1) is 21.0. The van der Waals surface area contributed by atoms with Crippen molar-refractivity contribution >= 4 is 17.9 Å². The molecular formula is C22H33ClO. The second-order valence-corrected chi connectivity index (χ2v) is 7.67. The van der Waals surface area contributed by atoms with E-state index in [4.69, 9.17) is 11.6 Å². The van der Waals surface area contributed by atoms with Gasteiger partial charge in [-0.25, -0.2) is 0 Å². The van der Waals surface area contributed by atoms with Gasteiger partial charge in [0.1, 0.15) is 6.29 Å². The molecule has 1 rings (SSSR count). The van der Waals surface area contributed by atoms with Crippen molar-refractivity contribution in [3.8, 4) is 0 Å². The number of allylic oxidation sites excluding steroid dienone is 2. The summed E-state index contributed by atoms with van der Waals surface area (Å²) < 4.78 is 0. The maximum atomic E-state index is 11.2. The van der Waals surface area contributed by atoms with Crippen LogP contribution in [0.4, 0.5) is 0 Å². The summed E-state index contributed by atoms with van der Waals surface area (Å²) in [5.74, 6) is 0. The number of benzene rings is 1. The second kappa shape index (κ2) is 10.0. The molecule has 134 valence electrons. The Morgan fingerprint density at radius 3 is 2.38 bits per heavy atom. The molecule has 0 fully saturated rings. The van der Waals surface area contributed by atoms with Gasteiger partial charge in [0.05, 0.1) is 0 Å². The van der Waals surface area contributed by atoms with Crippen molar-refractivity contribution in [1.82, 2.24) is 0 Å². The Morgan fingerprint density at radius 1 is 1.08 bits per heavy atom. The van der Waals surface area contributed by atoms with E-state index in [-0.39, 0.29) is 10.8 Å². The molecule has 0 unspecified atom stereocenters. The molecule has 0 spiro atoms. The van der Waals surface area contributed by atoms with E-state index in [0.717, 1.165) is 49.8 Å².